The molecule has 1 aliphatic heterocycles. The summed E-state index contributed by atoms with van der Waals surface area (Å²) in [6, 6.07) is 0. The highest BCUT2D eigenvalue weighted by atomic mass is 16.5. The van der Waals surface area contributed by atoms with Crippen LogP contribution in [-0.2, 0) is 9.47 Å². The highest BCUT2D eigenvalue weighted by molar-refractivity contribution is 5.79. The van der Waals surface area contributed by atoms with Crippen molar-refractivity contribution in [2.75, 3.05) is 59.1 Å². The van der Waals surface area contributed by atoms with Gasteiger partial charge in [-0.2, -0.15) is 0 Å². The van der Waals surface area contributed by atoms with Crippen LogP contribution >= 0.6 is 0 Å². The van der Waals surface area contributed by atoms with E-state index >= 15 is 0 Å². The molecule has 0 radical (unpaired) electrons. The van der Waals surface area contributed by atoms with Crippen molar-refractivity contribution in [1.82, 2.24) is 15.5 Å². The maximum absolute atomic E-state index is 6.26. The van der Waals surface area contributed by atoms with Crippen LogP contribution in [0.2, 0.25) is 0 Å². The predicted molar refractivity (Wildman–Crippen MR) is 103 cm³/mol. The molecule has 1 saturated carbocycles. The lowest BCUT2D eigenvalue weighted by Gasteiger charge is -2.36. The van der Waals surface area contributed by atoms with E-state index in [1.807, 2.05) is 0 Å². The molecule has 6 heteroatoms. The van der Waals surface area contributed by atoms with Crippen LogP contribution in [0.25, 0.3) is 0 Å². The molecule has 0 aromatic heterocycles. The quantitative estimate of drug-likeness (QED) is 0.490. The van der Waals surface area contributed by atoms with E-state index in [2.05, 4.69) is 29.4 Å². The summed E-state index contributed by atoms with van der Waals surface area (Å²) in [5.41, 5.74) is -0.0409. The van der Waals surface area contributed by atoms with Gasteiger partial charge in [0.1, 0.15) is 0 Å². The summed E-state index contributed by atoms with van der Waals surface area (Å²) in [5.74, 6) is 0.917. The summed E-state index contributed by atoms with van der Waals surface area (Å²) in [7, 11) is 0. The SMILES string of the molecule is CCCOC1(CN=C(NCC)NCCN2CCOCC2)CCCCC1. The van der Waals surface area contributed by atoms with Crippen molar-refractivity contribution in [3.63, 3.8) is 0 Å². The lowest BCUT2D eigenvalue weighted by molar-refractivity contribution is -0.0624. The molecule has 2 N–H and O–H groups in total. The molecule has 0 amide bonds. The highest BCUT2D eigenvalue weighted by Gasteiger charge is 2.32. The van der Waals surface area contributed by atoms with E-state index in [4.69, 9.17) is 14.5 Å². The van der Waals surface area contributed by atoms with E-state index in [-0.39, 0.29) is 5.60 Å². The second-order valence-electron chi connectivity index (χ2n) is 7.17. The molecule has 2 rings (SSSR count). The van der Waals surface area contributed by atoms with Crippen LogP contribution in [0.15, 0.2) is 4.99 Å². The molecular formula is C19H38N4O2. The zero-order valence-corrected chi connectivity index (χ0v) is 16.3. The van der Waals surface area contributed by atoms with Gasteiger partial charge in [-0.05, 0) is 26.2 Å². The highest BCUT2D eigenvalue weighted by Crippen LogP contribution is 2.32. The van der Waals surface area contributed by atoms with Gasteiger partial charge in [0.05, 0.1) is 25.4 Å². The molecule has 146 valence electrons. The van der Waals surface area contributed by atoms with Gasteiger partial charge in [-0.15, -0.1) is 0 Å². The van der Waals surface area contributed by atoms with Crippen LogP contribution in [-0.4, -0.2) is 75.5 Å². The monoisotopic (exact) mass is 354 g/mol. The molecule has 1 saturated heterocycles. The number of rotatable bonds is 9. The Bertz CT molecular complexity index is 378. The number of hydrogen-bond acceptors (Lipinski definition) is 4. The Morgan fingerprint density at radius 2 is 1.88 bits per heavy atom. The summed E-state index contributed by atoms with van der Waals surface area (Å²) < 4.78 is 11.7. The number of nitrogens with one attached hydrogen (secondary N) is 2. The van der Waals surface area contributed by atoms with Crippen molar-refractivity contribution in [1.29, 1.82) is 0 Å². The third-order valence-electron chi connectivity index (χ3n) is 5.07. The Labute approximate surface area is 153 Å². The van der Waals surface area contributed by atoms with Gasteiger partial charge in [0, 0.05) is 39.3 Å². The molecule has 25 heavy (non-hydrogen) atoms. The topological polar surface area (TPSA) is 58.1 Å². The Morgan fingerprint density at radius 1 is 1.12 bits per heavy atom. The van der Waals surface area contributed by atoms with Gasteiger partial charge in [-0.3, -0.25) is 9.89 Å². The summed E-state index contributed by atoms with van der Waals surface area (Å²) in [6.45, 7) is 12.5. The number of guanidine groups is 1. The molecule has 1 heterocycles. The van der Waals surface area contributed by atoms with Gasteiger partial charge in [-0.25, -0.2) is 0 Å². The Morgan fingerprint density at radius 3 is 2.56 bits per heavy atom. The van der Waals surface area contributed by atoms with Crippen molar-refractivity contribution in [2.24, 2.45) is 4.99 Å². The first kappa shape index (κ1) is 20.5. The maximum Gasteiger partial charge on any atom is 0.191 e. The number of hydrogen-bond donors (Lipinski definition) is 2. The Balaban J connectivity index is 1.82. The third-order valence-corrected chi connectivity index (χ3v) is 5.07. The zero-order chi connectivity index (χ0) is 17.8. The molecule has 1 aliphatic carbocycles. The van der Waals surface area contributed by atoms with Crippen LogP contribution in [0.1, 0.15) is 52.4 Å². The molecular weight excluding hydrogens is 316 g/mol. The molecule has 2 aliphatic rings. The molecule has 0 bridgehead atoms. The minimum Gasteiger partial charge on any atom is -0.379 e. The molecule has 0 atom stereocenters. The number of nitrogens with zero attached hydrogens (tertiary/aromatic N) is 2. The average Bonchev–Trinajstić information content (AvgIpc) is 2.66. The van der Waals surface area contributed by atoms with E-state index in [9.17, 15) is 0 Å². The van der Waals surface area contributed by atoms with Crippen LogP contribution in [0.4, 0.5) is 0 Å². The van der Waals surface area contributed by atoms with E-state index in [0.29, 0.717) is 0 Å². The zero-order valence-electron chi connectivity index (χ0n) is 16.3. The summed E-state index contributed by atoms with van der Waals surface area (Å²) in [4.78, 5) is 7.31. The first-order valence-corrected chi connectivity index (χ1v) is 10.2. The summed E-state index contributed by atoms with van der Waals surface area (Å²) in [6.07, 6.45) is 7.22. The van der Waals surface area contributed by atoms with Crippen LogP contribution in [0.5, 0.6) is 0 Å². The minimum atomic E-state index is -0.0409. The second kappa shape index (κ2) is 11.7. The Hall–Kier alpha value is -0.850. The maximum atomic E-state index is 6.26. The largest absolute Gasteiger partial charge is 0.379 e. The van der Waals surface area contributed by atoms with Gasteiger partial charge in [0.15, 0.2) is 5.96 Å². The van der Waals surface area contributed by atoms with Crippen molar-refractivity contribution in [3.8, 4) is 0 Å². The van der Waals surface area contributed by atoms with Crippen LogP contribution in [0.3, 0.4) is 0 Å². The lowest BCUT2D eigenvalue weighted by atomic mass is 9.84. The molecule has 0 spiro atoms. The predicted octanol–water partition coefficient (Wildman–Crippen LogP) is 2.00. The van der Waals surface area contributed by atoms with E-state index in [1.54, 1.807) is 0 Å². The normalized spacial score (nSPS) is 21.9. The van der Waals surface area contributed by atoms with E-state index in [1.165, 1.54) is 19.3 Å². The van der Waals surface area contributed by atoms with E-state index in [0.717, 1.165) is 84.3 Å². The Kier molecular flexibility index (Phi) is 9.58. The van der Waals surface area contributed by atoms with Crippen molar-refractivity contribution >= 4 is 5.96 Å². The first-order chi connectivity index (χ1) is 12.3. The van der Waals surface area contributed by atoms with Crippen LogP contribution in [0, 0.1) is 0 Å². The minimum absolute atomic E-state index is 0.0409. The fraction of sp³-hybridized carbons (Fsp3) is 0.947. The average molecular weight is 355 g/mol. The summed E-state index contributed by atoms with van der Waals surface area (Å²) in [5, 5.41) is 6.86. The van der Waals surface area contributed by atoms with Crippen molar-refractivity contribution in [3.05, 3.63) is 0 Å². The summed E-state index contributed by atoms with van der Waals surface area (Å²) >= 11 is 0. The van der Waals surface area contributed by atoms with Gasteiger partial charge in [-0.1, -0.05) is 26.2 Å². The molecule has 2 fully saturated rings. The molecule has 0 unspecified atom stereocenters. The van der Waals surface area contributed by atoms with Crippen molar-refractivity contribution < 1.29 is 9.47 Å². The van der Waals surface area contributed by atoms with Crippen molar-refractivity contribution in [2.45, 2.75) is 58.0 Å². The van der Waals surface area contributed by atoms with Gasteiger partial charge in [0.25, 0.3) is 0 Å². The fourth-order valence-corrected chi connectivity index (χ4v) is 3.58. The molecule has 0 aromatic rings. The van der Waals surface area contributed by atoms with Gasteiger partial charge in [0.2, 0.25) is 0 Å². The molecule has 6 nitrogen and oxygen atoms in total. The fourth-order valence-electron chi connectivity index (χ4n) is 3.58. The van der Waals surface area contributed by atoms with Crippen LogP contribution < -0.4 is 10.6 Å². The second-order valence-corrected chi connectivity index (χ2v) is 7.17. The van der Waals surface area contributed by atoms with E-state index < -0.39 is 0 Å². The first-order valence-electron chi connectivity index (χ1n) is 10.2. The van der Waals surface area contributed by atoms with Gasteiger partial charge < -0.3 is 20.1 Å². The number of morpholine rings is 1. The smallest absolute Gasteiger partial charge is 0.191 e. The standard InChI is InChI=1S/C19H38N4O2/c1-3-14-25-19(8-6-5-7-9-19)17-22-18(20-4-2)21-10-11-23-12-15-24-16-13-23/h3-17H2,1-2H3,(H2,20,21,22). The van der Waals surface area contributed by atoms with Gasteiger partial charge >= 0.3 is 0 Å². The molecule has 0 aromatic carbocycles. The number of aliphatic imine (C=N–C) groups is 1. The number of ether oxygens (including phenoxy) is 2. The third kappa shape index (κ3) is 7.50. The lowest BCUT2D eigenvalue weighted by Crippen LogP contribution is -2.45.